The maximum atomic E-state index is 10.1. The number of halogens is 1. The van der Waals surface area contributed by atoms with Gasteiger partial charge in [-0.15, -0.1) is 0 Å². The molecule has 1 fully saturated rings. The molecule has 1 aromatic heterocycles. The quantitative estimate of drug-likeness (QED) is 0.857. The molecule has 0 amide bonds. The fourth-order valence-corrected chi connectivity index (χ4v) is 2.61. The first kappa shape index (κ1) is 14.0. The molecule has 5 nitrogen and oxygen atoms in total. The first-order chi connectivity index (χ1) is 8.56. The SMILES string of the molecule is CCn1nc(C)c(Br)c1CNCC1(O)CCOC1. The summed E-state index contributed by atoms with van der Waals surface area (Å²) in [5.41, 5.74) is 1.41. The summed E-state index contributed by atoms with van der Waals surface area (Å²) in [6.07, 6.45) is 0.702. The molecule has 0 aromatic carbocycles. The van der Waals surface area contributed by atoms with Gasteiger partial charge >= 0.3 is 0 Å². The average Bonchev–Trinajstić information content (AvgIpc) is 2.88. The van der Waals surface area contributed by atoms with E-state index in [2.05, 4.69) is 33.3 Å². The van der Waals surface area contributed by atoms with Crippen molar-refractivity contribution in [3.05, 3.63) is 15.9 Å². The van der Waals surface area contributed by atoms with Crippen molar-refractivity contribution in [1.82, 2.24) is 15.1 Å². The van der Waals surface area contributed by atoms with Gasteiger partial charge in [-0.05, 0) is 29.8 Å². The standard InChI is InChI=1S/C12H20BrN3O2/c1-3-16-10(11(13)9(2)15-16)6-14-7-12(17)4-5-18-8-12/h14,17H,3-8H2,1-2H3. The van der Waals surface area contributed by atoms with Gasteiger partial charge in [0.15, 0.2) is 0 Å². The zero-order valence-corrected chi connectivity index (χ0v) is 12.5. The predicted octanol–water partition coefficient (Wildman–Crippen LogP) is 1.21. The molecule has 6 heteroatoms. The fourth-order valence-electron chi connectivity index (χ4n) is 2.19. The Morgan fingerprint density at radius 1 is 1.61 bits per heavy atom. The van der Waals surface area contributed by atoms with E-state index in [0.29, 0.717) is 32.7 Å². The summed E-state index contributed by atoms with van der Waals surface area (Å²) < 4.78 is 8.24. The lowest BCUT2D eigenvalue weighted by Gasteiger charge is -2.20. The number of hydrogen-bond donors (Lipinski definition) is 2. The van der Waals surface area contributed by atoms with E-state index in [0.717, 1.165) is 22.4 Å². The third-order valence-corrected chi connectivity index (χ3v) is 4.31. The van der Waals surface area contributed by atoms with Crippen molar-refractivity contribution in [2.24, 2.45) is 0 Å². The van der Waals surface area contributed by atoms with E-state index in [9.17, 15) is 5.11 Å². The van der Waals surface area contributed by atoms with Crippen LogP contribution in [0.1, 0.15) is 24.7 Å². The Bertz CT molecular complexity index is 414. The first-order valence-corrected chi connectivity index (χ1v) is 7.07. The van der Waals surface area contributed by atoms with Crippen molar-refractivity contribution >= 4 is 15.9 Å². The highest BCUT2D eigenvalue weighted by atomic mass is 79.9. The van der Waals surface area contributed by atoms with Gasteiger partial charge in [0.2, 0.25) is 0 Å². The summed E-state index contributed by atoms with van der Waals surface area (Å²) in [4.78, 5) is 0. The molecule has 1 saturated heterocycles. The minimum atomic E-state index is -0.710. The third-order valence-electron chi connectivity index (χ3n) is 3.28. The van der Waals surface area contributed by atoms with Crippen LogP contribution in [-0.4, -0.2) is 40.2 Å². The second kappa shape index (κ2) is 5.69. The number of rotatable bonds is 5. The summed E-state index contributed by atoms with van der Waals surface area (Å²) in [5, 5.41) is 17.9. The van der Waals surface area contributed by atoms with Crippen molar-refractivity contribution in [1.29, 1.82) is 0 Å². The van der Waals surface area contributed by atoms with Gasteiger partial charge in [0, 0.05) is 32.7 Å². The van der Waals surface area contributed by atoms with Crippen molar-refractivity contribution < 1.29 is 9.84 Å². The largest absolute Gasteiger partial charge is 0.386 e. The van der Waals surface area contributed by atoms with Crippen LogP contribution in [0.25, 0.3) is 0 Å². The van der Waals surface area contributed by atoms with Crippen molar-refractivity contribution in [2.75, 3.05) is 19.8 Å². The number of hydrogen-bond acceptors (Lipinski definition) is 4. The topological polar surface area (TPSA) is 59.3 Å². The number of aromatic nitrogens is 2. The van der Waals surface area contributed by atoms with E-state index < -0.39 is 5.60 Å². The van der Waals surface area contributed by atoms with Gasteiger partial charge in [-0.3, -0.25) is 4.68 Å². The van der Waals surface area contributed by atoms with Gasteiger partial charge in [0.05, 0.1) is 22.5 Å². The van der Waals surface area contributed by atoms with Gasteiger partial charge in [-0.1, -0.05) is 0 Å². The van der Waals surface area contributed by atoms with Gasteiger partial charge in [0.1, 0.15) is 5.60 Å². The molecule has 2 N–H and O–H groups in total. The molecule has 18 heavy (non-hydrogen) atoms. The van der Waals surface area contributed by atoms with E-state index in [1.165, 1.54) is 0 Å². The maximum absolute atomic E-state index is 10.1. The number of nitrogens with zero attached hydrogens (tertiary/aromatic N) is 2. The number of aliphatic hydroxyl groups is 1. The third kappa shape index (κ3) is 2.93. The number of aryl methyl sites for hydroxylation is 2. The van der Waals surface area contributed by atoms with Crippen LogP contribution in [0.4, 0.5) is 0 Å². The summed E-state index contributed by atoms with van der Waals surface area (Å²) in [6.45, 7) is 7.21. The van der Waals surface area contributed by atoms with E-state index >= 15 is 0 Å². The molecule has 0 spiro atoms. The lowest BCUT2D eigenvalue weighted by atomic mass is 10.0. The molecule has 1 aliphatic rings. The molecule has 2 rings (SSSR count). The predicted molar refractivity (Wildman–Crippen MR) is 72.4 cm³/mol. The normalized spacial score (nSPS) is 23.8. The van der Waals surface area contributed by atoms with Crippen LogP contribution in [0.3, 0.4) is 0 Å². The number of nitrogens with one attached hydrogen (secondary N) is 1. The molecule has 0 aliphatic carbocycles. The second-order valence-electron chi connectivity index (χ2n) is 4.79. The summed E-state index contributed by atoms with van der Waals surface area (Å²) in [6, 6.07) is 0. The minimum Gasteiger partial charge on any atom is -0.386 e. The molecule has 1 unspecified atom stereocenters. The van der Waals surface area contributed by atoms with Crippen LogP contribution in [0, 0.1) is 6.92 Å². The van der Waals surface area contributed by atoms with Crippen LogP contribution in [0.2, 0.25) is 0 Å². The van der Waals surface area contributed by atoms with E-state index in [1.54, 1.807) is 0 Å². The smallest absolute Gasteiger partial charge is 0.103 e. The summed E-state index contributed by atoms with van der Waals surface area (Å²) in [5.74, 6) is 0. The Morgan fingerprint density at radius 3 is 3.00 bits per heavy atom. The van der Waals surface area contributed by atoms with Crippen LogP contribution in [0.5, 0.6) is 0 Å². The van der Waals surface area contributed by atoms with Crippen LogP contribution < -0.4 is 5.32 Å². The molecule has 1 aliphatic heterocycles. The molecular weight excluding hydrogens is 298 g/mol. The van der Waals surface area contributed by atoms with Crippen molar-refractivity contribution in [3.8, 4) is 0 Å². The van der Waals surface area contributed by atoms with E-state index in [-0.39, 0.29) is 0 Å². The molecule has 1 aromatic rings. The highest BCUT2D eigenvalue weighted by Crippen LogP contribution is 2.21. The van der Waals surface area contributed by atoms with Gasteiger partial charge in [0.25, 0.3) is 0 Å². The molecule has 0 saturated carbocycles. The molecule has 1 atom stereocenters. The van der Waals surface area contributed by atoms with Gasteiger partial charge < -0.3 is 15.2 Å². The Labute approximate surface area is 116 Å². The summed E-state index contributed by atoms with van der Waals surface area (Å²) in [7, 11) is 0. The van der Waals surface area contributed by atoms with Gasteiger partial charge in [-0.2, -0.15) is 5.10 Å². The Balaban J connectivity index is 1.93. The van der Waals surface area contributed by atoms with Gasteiger partial charge in [-0.25, -0.2) is 0 Å². The zero-order valence-electron chi connectivity index (χ0n) is 10.9. The minimum absolute atomic E-state index is 0.424. The average molecular weight is 318 g/mol. The van der Waals surface area contributed by atoms with E-state index in [4.69, 9.17) is 4.74 Å². The molecular formula is C12H20BrN3O2. The Morgan fingerprint density at radius 2 is 2.39 bits per heavy atom. The lowest BCUT2D eigenvalue weighted by Crippen LogP contribution is -2.41. The second-order valence-corrected chi connectivity index (χ2v) is 5.59. The van der Waals surface area contributed by atoms with E-state index in [1.807, 2.05) is 11.6 Å². The zero-order chi connectivity index (χ0) is 13.2. The highest BCUT2D eigenvalue weighted by Gasteiger charge is 2.31. The first-order valence-electron chi connectivity index (χ1n) is 6.28. The molecule has 0 bridgehead atoms. The monoisotopic (exact) mass is 317 g/mol. The maximum Gasteiger partial charge on any atom is 0.103 e. The molecule has 0 radical (unpaired) electrons. The Kier molecular flexibility index (Phi) is 4.42. The molecule has 102 valence electrons. The summed E-state index contributed by atoms with van der Waals surface area (Å²) >= 11 is 3.56. The van der Waals surface area contributed by atoms with Crippen LogP contribution >= 0.6 is 15.9 Å². The van der Waals surface area contributed by atoms with Crippen LogP contribution in [-0.2, 0) is 17.8 Å². The lowest BCUT2D eigenvalue weighted by molar-refractivity contribution is 0.0267. The Hall–Kier alpha value is -0.430. The molecule has 2 heterocycles. The number of ether oxygens (including phenoxy) is 1. The highest BCUT2D eigenvalue weighted by molar-refractivity contribution is 9.10. The van der Waals surface area contributed by atoms with Crippen molar-refractivity contribution in [2.45, 2.75) is 39.0 Å². The fraction of sp³-hybridized carbons (Fsp3) is 0.750. The van der Waals surface area contributed by atoms with Crippen molar-refractivity contribution in [3.63, 3.8) is 0 Å². The van der Waals surface area contributed by atoms with Crippen LogP contribution in [0.15, 0.2) is 4.47 Å².